The molecule has 3 aromatic carbocycles. The van der Waals surface area contributed by atoms with E-state index >= 15 is 0 Å². The summed E-state index contributed by atoms with van der Waals surface area (Å²) in [5.41, 5.74) is 3.31. The highest BCUT2D eigenvalue weighted by atomic mass is 16.1. The second-order valence-corrected chi connectivity index (χ2v) is 6.76. The van der Waals surface area contributed by atoms with Gasteiger partial charge in [-0.05, 0) is 23.1 Å². The van der Waals surface area contributed by atoms with Crippen molar-refractivity contribution in [2.45, 2.75) is 6.42 Å². The number of carbonyl (C=O) groups is 1. The van der Waals surface area contributed by atoms with E-state index in [0.29, 0.717) is 19.5 Å². The van der Waals surface area contributed by atoms with Gasteiger partial charge in [-0.2, -0.15) is 0 Å². The Morgan fingerprint density at radius 1 is 0.889 bits per heavy atom. The molecule has 0 aliphatic rings. The molecule has 27 heavy (non-hydrogen) atoms. The second kappa shape index (κ2) is 7.54. The molecule has 4 aromatic rings. The molecule has 2 N–H and O–H groups in total. The van der Waals surface area contributed by atoms with Gasteiger partial charge in [-0.15, -0.1) is 0 Å². The molecule has 0 unspecified atom stereocenters. The summed E-state index contributed by atoms with van der Waals surface area (Å²) in [7, 11) is 2.01. The average Bonchev–Trinajstić information content (AvgIpc) is 3.01. The summed E-state index contributed by atoms with van der Waals surface area (Å²) in [6.07, 6.45) is 2.44. The van der Waals surface area contributed by atoms with Crippen LogP contribution in [-0.4, -0.2) is 23.6 Å². The van der Waals surface area contributed by atoms with Crippen molar-refractivity contribution in [1.29, 1.82) is 0 Å². The van der Waals surface area contributed by atoms with E-state index in [1.54, 1.807) is 0 Å². The van der Waals surface area contributed by atoms with E-state index in [4.69, 9.17) is 0 Å². The van der Waals surface area contributed by atoms with E-state index in [0.717, 1.165) is 22.2 Å². The molecule has 0 atom stereocenters. The van der Waals surface area contributed by atoms with E-state index in [1.807, 2.05) is 43.6 Å². The van der Waals surface area contributed by atoms with Crippen LogP contribution in [0.2, 0.25) is 0 Å². The minimum atomic E-state index is 0.0473. The first kappa shape index (κ1) is 17.2. The molecule has 0 bridgehead atoms. The predicted molar refractivity (Wildman–Crippen MR) is 112 cm³/mol. The van der Waals surface area contributed by atoms with Gasteiger partial charge in [0.15, 0.2) is 0 Å². The molecule has 0 saturated heterocycles. The van der Waals surface area contributed by atoms with Crippen LogP contribution in [0.5, 0.6) is 0 Å². The maximum atomic E-state index is 12.3. The van der Waals surface area contributed by atoms with Crippen molar-refractivity contribution in [3.63, 3.8) is 0 Å². The number of aryl methyl sites for hydroxylation is 1. The van der Waals surface area contributed by atoms with Gasteiger partial charge >= 0.3 is 0 Å². The number of rotatable bonds is 6. The third kappa shape index (κ3) is 3.65. The van der Waals surface area contributed by atoms with Crippen LogP contribution in [0.25, 0.3) is 21.7 Å². The molecule has 1 amide bonds. The lowest BCUT2D eigenvalue weighted by Gasteiger charge is -2.10. The van der Waals surface area contributed by atoms with Crippen LogP contribution >= 0.6 is 0 Å². The van der Waals surface area contributed by atoms with Gasteiger partial charge in [-0.25, -0.2) is 0 Å². The van der Waals surface area contributed by atoms with Gasteiger partial charge in [0.2, 0.25) is 5.91 Å². The topological polar surface area (TPSA) is 46.1 Å². The molecule has 0 radical (unpaired) electrons. The fourth-order valence-electron chi connectivity index (χ4n) is 3.58. The van der Waals surface area contributed by atoms with Gasteiger partial charge in [0.1, 0.15) is 0 Å². The van der Waals surface area contributed by atoms with Crippen molar-refractivity contribution in [1.82, 2.24) is 9.88 Å². The van der Waals surface area contributed by atoms with Crippen molar-refractivity contribution in [2.24, 2.45) is 7.05 Å². The molecule has 0 spiro atoms. The van der Waals surface area contributed by atoms with Crippen LogP contribution < -0.4 is 10.6 Å². The van der Waals surface area contributed by atoms with Gasteiger partial charge < -0.3 is 15.2 Å². The van der Waals surface area contributed by atoms with E-state index < -0.39 is 0 Å². The van der Waals surface area contributed by atoms with Crippen molar-refractivity contribution in [3.8, 4) is 0 Å². The van der Waals surface area contributed by atoms with Crippen molar-refractivity contribution in [3.05, 3.63) is 78.5 Å². The third-order valence-electron chi connectivity index (χ3n) is 4.88. The molecular weight excluding hydrogens is 334 g/mol. The summed E-state index contributed by atoms with van der Waals surface area (Å²) in [4.78, 5) is 12.3. The van der Waals surface area contributed by atoms with Gasteiger partial charge in [-0.3, -0.25) is 4.79 Å². The monoisotopic (exact) mass is 357 g/mol. The Morgan fingerprint density at radius 2 is 1.63 bits per heavy atom. The van der Waals surface area contributed by atoms with Crippen LogP contribution in [0.4, 0.5) is 5.69 Å². The zero-order valence-corrected chi connectivity index (χ0v) is 15.4. The van der Waals surface area contributed by atoms with Crippen LogP contribution in [-0.2, 0) is 18.3 Å². The summed E-state index contributed by atoms with van der Waals surface area (Å²) in [6.45, 7) is 1.28. The van der Waals surface area contributed by atoms with Crippen molar-refractivity contribution >= 4 is 33.3 Å². The first-order valence-electron chi connectivity index (χ1n) is 9.23. The number of para-hydroxylation sites is 1. The summed E-state index contributed by atoms with van der Waals surface area (Å²) in [5.74, 6) is 0.0473. The number of hydrogen-bond donors (Lipinski definition) is 2. The lowest BCUT2D eigenvalue weighted by Crippen LogP contribution is -2.30. The molecule has 1 aromatic heterocycles. The molecular formula is C23H23N3O. The maximum absolute atomic E-state index is 12.3. The normalized spacial score (nSPS) is 11.0. The molecule has 1 heterocycles. The Morgan fingerprint density at radius 3 is 2.52 bits per heavy atom. The Bertz CT molecular complexity index is 1090. The van der Waals surface area contributed by atoms with Gasteiger partial charge in [0.05, 0.1) is 6.42 Å². The molecule has 0 fully saturated rings. The number of benzene rings is 3. The van der Waals surface area contributed by atoms with E-state index in [-0.39, 0.29) is 5.91 Å². The zero-order valence-electron chi connectivity index (χ0n) is 15.4. The number of aromatic nitrogens is 1. The van der Waals surface area contributed by atoms with E-state index in [9.17, 15) is 4.79 Å². The Labute approximate surface area is 158 Å². The molecule has 4 nitrogen and oxygen atoms in total. The average molecular weight is 357 g/mol. The van der Waals surface area contributed by atoms with Crippen LogP contribution in [0.3, 0.4) is 0 Å². The molecule has 136 valence electrons. The first-order valence-corrected chi connectivity index (χ1v) is 9.23. The Hall–Kier alpha value is -3.27. The van der Waals surface area contributed by atoms with Crippen LogP contribution in [0.1, 0.15) is 5.56 Å². The maximum Gasteiger partial charge on any atom is 0.224 e. The lowest BCUT2D eigenvalue weighted by atomic mass is 10.1. The highest BCUT2D eigenvalue weighted by Crippen LogP contribution is 2.23. The lowest BCUT2D eigenvalue weighted by molar-refractivity contribution is -0.120. The number of hydrogen-bond acceptors (Lipinski definition) is 2. The molecule has 0 aliphatic carbocycles. The van der Waals surface area contributed by atoms with E-state index in [1.165, 1.54) is 10.8 Å². The van der Waals surface area contributed by atoms with E-state index in [2.05, 4.69) is 51.6 Å². The highest BCUT2D eigenvalue weighted by Gasteiger charge is 2.10. The number of amides is 1. The highest BCUT2D eigenvalue weighted by molar-refractivity contribution is 5.94. The predicted octanol–water partition coefficient (Wildman–Crippen LogP) is 4.10. The molecule has 0 saturated carbocycles. The second-order valence-electron chi connectivity index (χ2n) is 6.76. The molecule has 4 heteroatoms. The minimum absolute atomic E-state index is 0.0473. The fourth-order valence-corrected chi connectivity index (χ4v) is 3.58. The fraction of sp³-hybridized carbons (Fsp3) is 0.174. The molecule has 0 aliphatic heterocycles. The SMILES string of the molecule is Cn1cc(CC(=O)NCCNc2cccc3ccccc23)c2ccccc21. The standard InChI is InChI=1S/C23H23N3O/c1-26-16-18(20-10-4-5-12-22(20)26)15-23(27)25-14-13-24-21-11-6-8-17-7-2-3-9-19(17)21/h2-12,16,24H,13-15H2,1H3,(H,25,27). The smallest absolute Gasteiger partial charge is 0.224 e. The number of carbonyl (C=O) groups excluding carboxylic acids is 1. The number of anilines is 1. The van der Waals surface area contributed by atoms with Gasteiger partial charge in [-0.1, -0.05) is 54.6 Å². The third-order valence-corrected chi connectivity index (χ3v) is 4.88. The van der Waals surface area contributed by atoms with Crippen molar-refractivity contribution < 1.29 is 4.79 Å². The summed E-state index contributed by atoms with van der Waals surface area (Å²) in [6, 6.07) is 22.7. The van der Waals surface area contributed by atoms with Gasteiger partial charge in [0, 0.05) is 48.3 Å². The summed E-state index contributed by atoms with van der Waals surface area (Å²) in [5, 5.41) is 9.98. The van der Waals surface area contributed by atoms with Crippen LogP contribution in [0.15, 0.2) is 72.9 Å². The van der Waals surface area contributed by atoms with Crippen molar-refractivity contribution in [2.75, 3.05) is 18.4 Å². The number of fused-ring (bicyclic) bond motifs is 2. The quantitative estimate of drug-likeness (QED) is 0.510. The Kier molecular flexibility index (Phi) is 4.79. The van der Waals surface area contributed by atoms with Crippen LogP contribution in [0, 0.1) is 0 Å². The summed E-state index contributed by atoms with van der Waals surface area (Å²) >= 11 is 0. The first-order chi connectivity index (χ1) is 13.2. The summed E-state index contributed by atoms with van der Waals surface area (Å²) < 4.78 is 2.07. The minimum Gasteiger partial charge on any atom is -0.383 e. The largest absolute Gasteiger partial charge is 0.383 e. The number of nitrogens with zero attached hydrogens (tertiary/aromatic N) is 1. The zero-order chi connectivity index (χ0) is 18.6. The molecule has 4 rings (SSSR count). The van der Waals surface area contributed by atoms with Gasteiger partial charge in [0.25, 0.3) is 0 Å². The Balaban J connectivity index is 1.33. The number of nitrogens with one attached hydrogen (secondary N) is 2.